The van der Waals surface area contributed by atoms with Gasteiger partial charge in [0, 0.05) is 10.4 Å². The minimum absolute atomic E-state index is 0.00410. The molecular weight excluding hydrogens is 292 g/mol. The van der Waals surface area contributed by atoms with Gasteiger partial charge in [0.25, 0.3) is 5.91 Å². The number of halogens is 3. The smallest absolute Gasteiger partial charge is 0.254 e. The molecule has 1 unspecified atom stereocenters. The summed E-state index contributed by atoms with van der Waals surface area (Å²) >= 11 is 3.35. The summed E-state index contributed by atoms with van der Waals surface area (Å²) in [5.41, 5.74) is -0.846. The molecule has 0 fully saturated rings. The first-order chi connectivity index (χ1) is 7.75. The van der Waals surface area contributed by atoms with Crippen molar-refractivity contribution in [3.8, 4) is 0 Å². The van der Waals surface area contributed by atoms with Gasteiger partial charge < -0.3 is 5.32 Å². The van der Waals surface area contributed by atoms with Crippen LogP contribution in [0.1, 0.15) is 31.1 Å². The van der Waals surface area contributed by atoms with Crippen molar-refractivity contribution in [3.63, 3.8) is 0 Å². The Morgan fingerprint density at radius 1 is 1.41 bits per heavy atom. The highest BCUT2D eigenvalue weighted by Gasteiger charge is 2.27. The van der Waals surface area contributed by atoms with Crippen molar-refractivity contribution >= 4 is 21.8 Å². The molecule has 0 bridgehead atoms. The second kappa shape index (κ2) is 5.12. The number of amides is 1. The summed E-state index contributed by atoms with van der Waals surface area (Å²) in [6.07, 6.45) is 0. The van der Waals surface area contributed by atoms with Crippen molar-refractivity contribution in [2.75, 3.05) is 0 Å². The highest BCUT2D eigenvalue weighted by atomic mass is 79.9. The number of carbonyl (C=O) groups excluding carboxylic acids is 1. The number of benzene rings is 1. The third-order valence-corrected chi connectivity index (χ3v) is 3.77. The van der Waals surface area contributed by atoms with Crippen LogP contribution in [0.5, 0.6) is 0 Å². The average Bonchev–Trinajstić information content (AvgIpc) is 2.21. The largest absolute Gasteiger partial charge is 0.346 e. The van der Waals surface area contributed by atoms with Crippen LogP contribution in [0, 0.1) is 11.6 Å². The molecule has 1 aromatic carbocycles. The molecule has 1 N–H and O–H groups in total. The number of alkyl halides is 1. The van der Waals surface area contributed by atoms with Crippen LogP contribution in [0.2, 0.25) is 0 Å². The summed E-state index contributed by atoms with van der Waals surface area (Å²) in [5, 5.41) is 2.65. The Labute approximate surface area is 108 Å². The highest BCUT2D eigenvalue weighted by Crippen LogP contribution is 2.18. The Balaban J connectivity index is 2.95. The zero-order valence-corrected chi connectivity index (χ0v) is 11.4. The van der Waals surface area contributed by atoms with Crippen LogP contribution in [-0.4, -0.2) is 16.3 Å². The first kappa shape index (κ1) is 14.1. The summed E-state index contributed by atoms with van der Waals surface area (Å²) in [4.78, 5) is 11.8. The van der Waals surface area contributed by atoms with E-state index in [9.17, 15) is 13.6 Å². The zero-order chi connectivity index (χ0) is 13.2. The van der Waals surface area contributed by atoms with Gasteiger partial charge in [-0.25, -0.2) is 8.78 Å². The Hall–Kier alpha value is -0.970. The quantitative estimate of drug-likeness (QED) is 0.853. The molecular formula is C12H14BrF2NO. The second-order valence-corrected chi connectivity index (χ2v) is 5.77. The molecule has 0 radical (unpaired) electrons. The van der Waals surface area contributed by atoms with Gasteiger partial charge in [0.1, 0.15) is 0 Å². The van der Waals surface area contributed by atoms with E-state index in [1.807, 2.05) is 6.92 Å². The van der Waals surface area contributed by atoms with Gasteiger partial charge in [-0.05, 0) is 26.0 Å². The number of carbonyl (C=O) groups is 1. The maximum Gasteiger partial charge on any atom is 0.254 e. The van der Waals surface area contributed by atoms with E-state index in [2.05, 4.69) is 21.2 Å². The van der Waals surface area contributed by atoms with E-state index in [4.69, 9.17) is 0 Å². The van der Waals surface area contributed by atoms with Crippen LogP contribution in [0.25, 0.3) is 0 Å². The molecule has 1 aromatic rings. The minimum atomic E-state index is -1.12. The van der Waals surface area contributed by atoms with E-state index in [0.717, 1.165) is 6.07 Å². The van der Waals surface area contributed by atoms with Gasteiger partial charge in [-0.1, -0.05) is 28.9 Å². The van der Waals surface area contributed by atoms with Crippen LogP contribution >= 0.6 is 15.9 Å². The SMILES string of the molecule is CC(Br)C(C)(C)NC(=O)c1cccc(F)c1F. The van der Waals surface area contributed by atoms with E-state index in [1.54, 1.807) is 13.8 Å². The maximum atomic E-state index is 13.4. The van der Waals surface area contributed by atoms with Gasteiger partial charge in [0.2, 0.25) is 0 Å². The van der Waals surface area contributed by atoms with Gasteiger partial charge in [-0.15, -0.1) is 0 Å². The third-order valence-electron chi connectivity index (χ3n) is 2.63. The van der Waals surface area contributed by atoms with Gasteiger partial charge in [0.05, 0.1) is 5.56 Å². The molecule has 94 valence electrons. The van der Waals surface area contributed by atoms with Crippen molar-refractivity contribution in [3.05, 3.63) is 35.4 Å². The molecule has 1 rings (SSSR count). The highest BCUT2D eigenvalue weighted by molar-refractivity contribution is 9.09. The molecule has 0 saturated carbocycles. The number of hydrogen-bond acceptors (Lipinski definition) is 1. The Morgan fingerprint density at radius 2 is 2.00 bits per heavy atom. The summed E-state index contributed by atoms with van der Waals surface area (Å²) in [6.45, 7) is 5.45. The lowest BCUT2D eigenvalue weighted by atomic mass is 10.0. The molecule has 1 amide bonds. The van der Waals surface area contributed by atoms with E-state index in [0.29, 0.717) is 0 Å². The molecule has 17 heavy (non-hydrogen) atoms. The van der Waals surface area contributed by atoms with Crippen LogP contribution in [0.4, 0.5) is 8.78 Å². The van der Waals surface area contributed by atoms with Crippen molar-refractivity contribution in [1.82, 2.24) is 5.32 Å². The lowest BCUT2D eigenvalue weighted by Crippen LogP contribution is -2.49. The second-order valence-electron chi connectivity index (χ2n) is 4.39. The molecule has 1 atom stereocenters. The third kappa shape index (κ3) is 3.25. The minimum Gasteiger partial charge on any atom is -0.346 e. The molecule has 0 heterocycles. The van der Waals surface area contributed by atoms with Crippen molar-refractivity contribution < 1.29 is 13.6 Å². The van der Waals surface area contributed by atoms with Gasteiger partial charge in [-0.2, -0.15) is 0 Å². The standard InChI is InChI=1S/C12H14BrF2NO/c1-7(13)12(2,3)16-11(17)8-5-4-6-9(14)10(8)15/h4-7H,1-3H3,(H,16,17). The molecule has 0 aliphatic carbocycles. The van der Waals surface area contributed by atoms with Crippen LogP contribution < -0.4 is 5.32 Å². The van der Waals surface area contributed by atoms with E-state index < -0.39 is 23.1 Å². The lowest BCUT2D eigenvalue weighted by Gasteiger charge is -2.29. The predicted molar refractivity (Wildman–Crippen MR) is 66.3 cm³/mol. The summed E-state index contributed by atoms with van der Waals surface area (Å²) in [5.74, 6) is -2.77. The zero-order valence-electron chi connectivity index (χ0n) is 9.85. The Kier molecular flexibility index (Phi) is 4.25. The normalized spacial score (nSPS) is 13.3. The van der Waals surface area contributed by atoms with Crippen molar-refractivity contribution in [1.29, 1.82) is 0 Å². The van der Waals surface area contributed by atoms with Gasteiger partial charge in [-0.3, -0.25) is 4.79 Å². The Morgan fingerprint density at radius 3 is 2.53 bits per heavy atom. The van der Waals surface area contributed by atoms with Crippen molar-refractivity contribution in [2.45, 2.75) is 31.1 Å². The fourth-order valence-electron chi connectivity index (χ4n) is 1.14. The fourth-order valence-corrected chi connectivity index (χ4v) is 1.25. The van der Waals surface area contributed by atoms with Gasteiger partial charge in [0.15, 0.2) is 11.6 Å². The first-order valence-corrected chi connectivity index (χ1v) is 6.08. The Bertz CT molecular complexity index is 433. The molecule has 0 saturated heterocycles. The fraction of sp³-hybridized carbons (Fsp3) is 0.417. The molecule has 0 spiro atoms. The van der Waals surface area contributed by atoms with E-state index >= 15 is 0 Å². The molecule has 5 heteroatoms. The van der Waals surface area contributed by atoms with Crippen LogP contribution in [-0.2, 0) is 0 Å². The van der Waals surface area contributed by atoms with E-state index in [1.165, 1.54) is 12.1 Å². The van der Waals surface area contributed by atoms with E-state index in [-0.39, 0.29) is 10.4 Å². The predicted octanol–water partition coefficient (Wildman–Crippen LogP) is 3.26. The number of hydrogen-bond donors (Lipinski definition) is 1. The monoisotopic (exact) mass is 305 g/mol. The van der Waals surface area contributed by atoms with Crippen LogP contribution in [0.3, 0.4) is 0 Å². The number of nitrogens with one attached hydrogen (secondary N) is 1. The first-order valence-electron chi connectivity index (χ1n) is 5.16. The van der Waals surface area contributed by atoms with Gasteiger partial charge >= 0.3 is 0 Å². The topological polar surface area (TPSA) is 29.1 Å². The molecule has 0 aromatic heterocycles. The molecule has 0 aliphatic heterocycles. The van der Waals surface area contributed by atoms with Crippen LogP contribution in [0.15, 0.2) is 18.2 Å². The average molecular weight is 306 g/mol. The summed E-state index contributed by atoms with van der Waals surface area (Å²) in [7, 11) is 0. The maximum absolute atomic E-state index is 13.4. The van der Waals surface area contributed by atoms with Crippen molar-refractivity contribution in [2.24, 2.45) is 0 Å². The summed E-state index contributed by atoms with van der Waals surface area (Å²) < 4.78 is 26.3. The molecule has 0 aliphatic rings. The summed E-state index contributed by atoms with van der Waals surface area (Å²) in [6, 6.07) is 3.53. The lowest BCUT2D eigenvalue weighted by molar-refractivity contribution is 0.0908. The number of rotatable bonds is 3. The molecule has 2 nitrogen and oxygen atoms in total.